The maximum Gasteiger partial charge on any atom is 0.258 e. The number of amides is 1. The number of hydrogen-bond donors (Lipinski definition) is 0. The summed E-state index contributed by atoms with van der Waals surface area (Å²) in [6, 6.07) is 24.4. The van der Waals surface area contributed by atoms with Crippen molar-refractivity contribution < 1.29 is 9.18 Å². The fourth-order valence-corrected chi connectivity index (χ4v) is 5.55. The second-order valence-electron chi connectivity index (χ2n) is 8.79. The van der Waals surface area contributed by atoms with E-state index in [-0.39, 0.29) is 11.7 Å². The first-order chi connectivity index (χ1) is 17.7. The molecule has 0 saturated heterocycles. The van der Waals surface area contributed by atoms with Gasteiger partial charge in [0.2, 0.25) is 0 Å². The van der Waals surface area contributed by atoms with Crippen molar-refractivity contribution in [2.75, 3.05) is 11.4 Å². The van der Waals surface area contributed by atoms with E-state index in [2.05, 4.69) is 15.6 Å². The molecular weight excluding hydrogens is 471 g/mol. The Morgan fingerprint density at radius 3 is 2.56 bits per heavy atom. The van der Waals surface area contributed by atoms with Crippen LogP contribution in [-0.2, 0) is 18.7 Å². The van der Waals surface area contributed by atoms with Gasteiger partial charge in [-0.3, -0.25) is 9.78 Å². The molecule has 0 radical (unpaired) electrons. The fraction of sp³-hybridized carbons (Fsp3) is 0.138. The van der Waals surface area contributed by atoms with E-state index in [0.29, 0.717) is 17.9 Å². The van der Waals surface area contributed by atoms with Gasteiger partial charge >= 0.3 is 0 Å². The second kappa shape index (κ2) is 9.59. The number of aromatic nitrogens is 3. The molecular formula is C29H23FN4OS. The molecule has 5 nitrogen and oxygen atoms in total. The number of halogens is 1. The zero-order chi connectivity index (χ0) is 24.5. The molecule has 0 spiro atoms. The Labute approximate surface area is 212 Å². The van der Waals surface area contributed by atoms with Crippen LogP contribution < -0.4 is 4.90 Å². The molecule has 2 aromatic heterocycles. The van der Waals surface area contributed by atoms with Gasteiger partial charge < -0.3 is 9.47 Å². The van der Waals surface area contributed by atoms with E-state index in [9.17, 15) is 9.18 Å². The lowest BCUT2D eigenvalue weighted by atomic mass is 10.1. The Balaban J connectivity index is 1.19. The summed E-state index contributed by atoms with van der Waals surface area (Å²) in [5.74, 6) is 0.496. The van der Waals surface area contributed by atoms with E-state index in [0.717, 1.165) is 46.0 Å². The largest absolute Gasteiger partial charge is 0.313 e. The first kappa shape index (κ1) is 22.5. The smallest absolute Gasteiger partial charge is 0.258 e. The van der Waals surface area contributed by atoms with Gasteiger partial charge in [0.1, 0.15) is 5.82 Å². The van der Waals surface area contributed by atoms with Crippen LogP contribution in [0.25, 0.3) is 11.0 Å². The minimum absolute atomic E-state index is 0.0349. The number of carbonyl (C=O) groups excluding carboxylic acids is 1. The van der Waals surface area contributed by atoms with Crippen molar-refractivity contribution in [1.82, 2.24) is 14.5 Å². The Kier molecular flexibility index (Phi) is 5.99. The van der Waals surface area contributed by atoms with Crippen LogP contribution in [0.15, 0.2) is 96.4 Å². The van der Waals surface area contributed by atoms with Gasteiger partial charge in [0, 0.05) is 29.7 Å². The quantitative estimate of drug-likeness (QED) is 0.267. The summed E-state index contributed by atoms with van der Waals surface area (Å²) in [5, 5.41) is 0.871. The molecule has 1 amide bonds. The highest BCUT2D eigenvalue weighted by molar-refractivity contribution is 7.98. The van der Waals surface area contributed by atoms with Gasteiger partial charge in [0.25, 0.3) is 5.91 Å². The van der Waals surface area contributed by atoms with Crippen molar-refractivity contribution in [3.05, 3.63) is 119 Å². The minimum atomic E-state index is -0.249. The molecule has 0 fully saturated rings. The van der Waals surface area contributed by atoms with E-state index in [1.165, 1.54) is 17.7 Å². The number of imidazole rings is 1. The van der Waals surface area contributed by atoms with E-state index < -0.39 is 0 Å². The predicted molar refractivity (Wildman–Crippen MR) is 141 cm³/mol. The number of anilines is 1. The molecule has 0 N–H and O–H groups in total. The van der Waals surface area contributed by atoms with Crippen LogP contribution in [0, 0.1) is 5.82 Å². The van der Waals surface area contributed by atoms with E-state index in [4.69, 9.17) is 4.98 Å². The number of pyridine rings is 1. The van der Waals surface area contributed by atoms with Crippen molar-refractivity contribution in [3.63, 3.8) is 0 Å². The van der Waals surface area contributed by atoms with Gasteiger partial charge in [-0.2, -0.15) is 0 Å². The van der Waals surface area contributed by atoms with Crippen LogP contribution >= 0.6 is 11.8 Å². The van der Waals surface area contributed by atoms with Crippen molar-refractivity contribution in [2.24, 2.45) is 0 Å². The Morgan fingerprint density at radius 2 is 1.72 bits per heavy atom. The summed E-state index contributed by atoms with van der Waals surface area (Å²) in [6.07, 6.45) is 4.44. The summed E-state index contributed by atoms with van der Waals surface area (Å²) in [7, 11) is 0. The number of thioether (sulfide) groups is 1. The molecule has 7 heteroatoms. The average Bonchev–Trinajstić information content (AvgIpc) is 3.50. The van der Waals surface area contributed by atoms with Gasteiger partial charge in [-0.05, 0) is 59.5 Å². The molecule has 0 unspecified atom stereocenters. The van der Waals surface area contributed by atoms with Gasteiger partial charge in [-0.25, -0.2) is 9.37 Å². The van der Waals surface area contributed by atoms with Crippen molar-refractivity contribution in [2.45, 2.75) is 23.9 Å². The molecule has 3 heterocycles. The van der Waals surface area contributed by atoms with Gasteiger partial charge in [-0.1, -0.05) is 54.2 Å². The lowest BCUT2D eigenvalue weighted by Crippen LogP contribution is -2.28. The van der Waals surface area contributed by atoms with Crippen LogP contribution in [-0.4, -0.2) is 27.0 Å². The zero-order valence-corrected chi connectivity index (χ0v) is 20.3. The standard InChI is InChI=1S/C29H23FN4OS/c30-24-11-7-20(8-12-24)18-34-27-17-31-15-13-25(27)32-29(34)36-19-21-5-9-23(10-6-21)28(35)33-16-14-22-3-1-2-4-26(22)33/h1-13,15,17H,14,16,18-19H2. The summed E-state index contributed by atoms with van der Waals surface area (Å²) >= 11 is 1.63. The van der Waals surface area contributed by atoms with Crippen LogP contribution in [0.3, 0.4) is 0 Å². The SMILES string of the molecule is O=C(c1ccc(CSc2nc3ccncc3n2Cc2ccc(F)cc2)cc1)N1CCc2ccccc21. The van der Waals surface area contributed by atoms with Gasteiger partial charge in [-0.15, -0.1) is 0 Å². The lowest BCUT2D eigenvalue weighted by Gasteiger charge is -2.17. The Morgan fingerprint density at radius 1 is 0.944 bits per heavy atom. The first-order valence-corrected chi connectivity index (χ1v) is 12.8. The number of para-hydroxylation sites is 1. The van der Waals surface area contributed by atoms with Gasteiger partial charge in [0.05, 0.1) is 23.8 Å². The van der Waals surface area contributed by atoms with Gasteiger partial charge in [0.15, 0.2) is 5.16 Å². The third-order valence-corrected chi connectivity index (χ3v) is 7.52. The molecule has 36 heavy (non-hydrogen) atoms. The third kappa shape index (κ3) is 4.38. The van der Waals surface area contributed by atoms with Crippen molar-refractivity contribution >= 4 is 34.4 Å². The number of hydrogen-bond acceptors (Lipinski definition) is 4. The highest BCUT2D eigenvalue weighted by atomic mass is 32.2. The predicted octanol–water partition coefficient (Wildman–Crippen LogP) is 6.11. The molecule has 1 aliphatic rings. The number of nitrogens with zero attached hydrogens (tertiary/aromatic N) is 4. The maximum absolute atomic E-state index is 13.4. The van der Waals surface area contributed by atoms with E-state index in [1.54, 1.807) is 30.1 Å². The summed E-state index contributed by atoms with van der Waals surface area (Å²) in [4.78, 5) is 24.1. The second-order valence-corrected chi connectivity index (χ2v) is 9.73. The van der Waals surface area contributed by atoms with Crippen LogP contribution in [0.5, 0.6) is 0 Å². The fourth-order valence-electron chi connectivity index (χ4n) is 4.58. The zero-order valence-electron chi connectivity index (χ0n) is 19.5. The number of fused-ring (bicyclic) bond motifs is 2. The average molecular weight is 495 g/mol. The summed E-state index contributed by atoms with van der Waals surface area (Å²) in [6.45, 7) is 1.30. The Hall–Kier alpha value is -3.97. The number of rotatable bonds is 6. The molecule has 1 aliphatic heterocycles. The molecule has 0 bridgehead atoms. The van der Waals surface area contributed by atoms with Crippen molar-refractivity contribution in [3.8, 4) is 0 Å². The van der Waals surface area contributed by atoms with Crippen LogP contribution in [0.2, 0.25) is 0 Å². The molecule has 6 rings (SSSR count). The minimum Gasteiger partial charge on any atom is -0.313 e. The maximum atomic E-state index is 13.4. The first-order valence-electron chi connectivity index (χ1n) is 11.8. The molecule has 5 aromatic rings. The highest BCUT2D eigenvalue weighted by Gasteiger charge is 2.25. The van der Waals surface area contributed by atoms with E-state index >= 15 is 0 Å². The number of benzene rings is 3. The van der Waals surface area contributed by atoms with Crippen molar-refractivity contribution in [1.29, 1.82) is 0 Å². The summed E-state index contributed by atoms with van der Waals surface area (Å²) < 4.78 is 15.5. The third-order valence-electron chi connectivity index (χ3n) is 6.47. The van der Waals surface area contributed by atoms with Crippen LogP contribution in [0.1, 0.15) is 27.0 Å². The molecule has 0 atom stereocenters. The van der Waals surface area contributed by atoms with Crippen LogP contribution in [0.4, 0.5) is 10.1 Å². The highest BCUT2D eigenvalue weighted by Crippen LogP contribution is 2.30. The van der Waals surface area contributed by atoms with E-state index in [1.807, 2.05) is 59.6 Å². The molecule has 0 aliphatic carbocycles. The monoisotopic (exact) mass is 494 g/mol. The molecule has 0 saturated carbocycles. The normalized spacial score (nSPS) is 12.8. The summed E-state index contributed by atoms with van der Waals surface area (Å²) in [5.41, 5.74) is 6.84. The topological polar surface area (TPSA) is 51.0 Å². The molecule has 3 aromatic carbocycles. The number of carbonyl (C=O) groups is 1. The molecule has 178 valence electrons. The Bertz CT molecular complexity index is 1550. The lowest BCUT2D eigenvalue weighted by molar-refractivity contribution is 0.0989.